The van der Waals surface area contributed by atoms with Crippen molar-refractivity contribution in [1.82, 2.24) is 5.32 Å². The predicted octanol–water partition coefficient (Wildman–Crippen LogP) is 9.03. The summed E-state index contributed by atoms with van der Waals surface area (Å²) in [5.41, 5.74) is 3.72. The minimum atomic E-state index is -0.587. The van der Waals surface area contributed by atoms with Gasteiger partial charge in [-0.3, -0.25) is 19.2 Å². The molecule has 3 amide bonds. The highest BCUT2D eigenvalue weighted by Crippen LogP contribution is 2.37. The summed E-state index contributed by atoms with van der Waals surface area (Å²) in [5.74, 6) is -0.259. The van der Waals surface area contributed by atoms with Gasteiger partial charge in [0.15, 0.2) is 5.78 Å². The van der Waals surface area contributed by atoms with Crippen LogP contribution in [0.15, 0.2) is 167 Å². The van der Waals surface area contributed by atoms with Crippen LogP contribution in [-0.4, -0.2) is 23.5 Å². The number of carbonyl (C=O) groups excluding carboxylic acids is 4. The molecule has 252 valence electrons. The molecule has 0 aliphatic heterocycles. The van der Waals surface area contributed by atoms with E-state index in [2.05, 4.69) is 16.0 Å². The van der Waals surface area contributed by atoms with Crippen molar-refractivity contribution < 1.29 is 23.6 Å². The zero-order valence-electron chi connectivity index (χ0n) is 27.5. The SMILES string of the molecule is CC(=O)c1ccc(NC(=O)[C@@H](Sc2ccc(NC(=O)/C(=C\c3ccc(-c4ccccc4)o3)NC(=O)c3ccccc3)cc2)c2ccccc2)cc1. The first-order valence-corrected chi connectivity index (χ1v) is 17.0. The highest BCUT2D eigenvalue weighted by atomic mass is 32.2. The Morgan fingerprint density at radius 2 is 1.22 bits per heavy atom. The van der Waals surface area contributed by atoms with Crippen LogP contribution >= 0.6 is 11.8 Å². The molecule has 0 saturated carbocycles. The first-order valence-electron chi connectivity index (χ1n) is 16.1. The first-order chi connectivity index (χ1) is 24.8. The van der Waals surface area contributed by atoms with Gasteiger partial charge in [-0.1, -0.05) is 78.9 Å². The Bertz CT molecular complexity index is 2160. The molecule has 6 aromatic rings. The molecule has 0 saturated heterocycles. The van der Waals surface area contributed by atoms with Gasteiger partial charge < -0.3 is 20.4 Å². The topological polar surface area (TPSA) is 118 Å². The van der Waals surface area contributed by atoms with E-state index in [9.17, 15) is 19.2 Å². The third-order valence-electron chi connectivity index (χ3n) is 7.77. The maximum atomic E-state index is 13.6. The van der Waals surface area contributed by atoms with E-state index in [-0.39, 0.29) is 17.4 Å². The van der Waals surface area contributed by atoms with Gasteiger partial charge in [0, 0.05) is 39.0 Å². The summed E-state index contributed by atoms with van der Waals surface area (Å²) in [4.78, 5) is 52.7. The fourth-order valence-corrected chi connectivity index (χ4v) is 6.15. The number of hydrogen-bond acceptors (Lipinski definition) is 6. The minimum Gasteiger partial charge on any atom is -0.457 e. The van der Waals surface area contributed by atoms with Crippen molar-refractivity contribution in [3.63, 3.8) is 0 Å². The molecule has 51 heavy (non-hydrogen) atoms. The number of rotatable bonds is 12. The second-order valence-corrected chi connectivity index (χ2v) is 12.6. The quantitative estimate of drug-likeness (QED) is 0.0670. The molecule has 0 spiro atoms. The largest absolute Gasteiger partial charge is 0.457 e. The maximum absolute atomic E-state index is 13.6. The fraction of sp³-hybridized carbons (Fsp3) is 0.0476. The van der Waals surface area contributed by atoms with E-state index >= 15 is 0 Å². The number of nitrogens with one attached hydrogen (secondary N) is 3. The molecule has 1 atom stereocenters. The molecule has 1 aromatic heterocycles. The molecule has 0 bridgehead atoms. The van der Waals surface area contributed by atoms with Gasteiger partial charge in [-0.15, -0.1) is 11.8 Å². The average Bonchev–Trinajstić information content (AvgIpc) is 3.64. The highest BCUT2D eigenvalue weighted by Gasteiger charge is 2.23. The Morgan fingerprint density at radius 1 is 0.627 bits per heavy atom. The van der Waals surface area contributed by atoms with Gasteiger partial charge >= 0.3 is 0 Å². The summed E-state index contributed by atoms with van der Waals surface area (Å²) in [6, 6.07) is 45.0. The second-order valence-electron chi connectivity index (χ2n) is 11.5. The summed E-state index contributed by atoms with van der Waals surface area (Å²) in [7, 11) is 0. The van der Waals surface area contributed by atoms with Crippen LogP contribution in [0.4, 0.5) is 11.4 Å². The van der Waals surface area contributed by atoms with Crippen molar-refractivity contribution in [2.75, 3.05) is 10.6 Å². The molecule has 1 heterocycles. The van der Waals surface area contributed by atoms with Gasteiger partial charge in [0.25, 0.3) is 11.8 Å². The molecule has 0 fully saturated rings. The minimum absolute atomic E-state index is 0.00610. The molecule has 0 aliphatic rings. The first kappa shape index (κ1) is 34.4. The van der Waals surface area contributed by atoms with Crippen molar-refractivity contribution in [3.8, 4) is 11.3 Å². The molecule has 0 unspecified atom stereocenters. The molecular formula is C42H33N3O5S. The lowest BCUT2D eigenvalue weighted by atomic mass is 10.1. The van der Waals surface area contributed by atoms with Crippen LogP contribution in [0.25, 0.3) is 17.4 Å². The smallest absolute Gasteiger partial charge is 0.272 e. The van der Waals surface area contributed by atoms with Crippen LogP contribution < -0.4 is 16.0 Å². The Morgan fingerprint density at radius 3 is 1.86 bits per heavy atom. The van der Waals surface area contributed by atoms with Crippen LogP contribution in [0.1, 0.15) is 44.2 Å². The van der Waals surface area contributed by atoms with Crippen molar-refractivity contribution >= 4 is 52.7 Å². The molecule has 5 aromatic carbocycles. The van der Waals surface area contributed by atoms with Crippen LogP contribution in [-0.2, 0) is 9.59 Å². The summed E-state index contributed by atoms with van der Waals surface area (Å²) in [5, 5.41) is 7.97. The molecule has 6 rings (SSSR count). The van der Waals surface area contributed by atoms with Crippen LogP contribution in [0.3, 0.4) is 0 Å². The Labute approximate surface area is 299 Å². The normalized spacial score (nSPS) is 11.7. The maximum Gasteiger partial charge on any atom is 0.272 e. The molecular weight excluding hydrogens is 659 g/mol. The summed E-state index contributed by atoms with van der Waals surface area (Å²) in [6.45, 7) is 1.49. The number of thioether (sulfide) groups is 1. The number of benzene rings is 5. The van der Waals surface area contributed by atoms with Crippen molar-refractivity contribution in [2.45, 2.75) is 17.1 Å². The van der Waals surface area contributed by atoms with Gasteiger partial charge in [0.05, 0.1) is 0 Å². The molecule has 3 N–H and O–H groups in total. The standard InChI is InChI=1S/C42H33N3O5S/c1-28(46)29-17-19-33(20-18-29)44-42(49)39(31-13-7-3-8-14-31)51-36-24-21-34(22-25-36)43-41(48)37(45-40(47)32-15-9-4-10-16-32)27-35-23-26-38(50-35)30-11-5-2-6-12-30/h2-27,39H,1H3,(H,43,48)(H,44,49)(H,45,47)/b37-27+/t39-/m0/s1. The second kappa shape index (κ2) is 16.3. The lowest BCUT2D eigenvalue weighted by molar-refractivity contribution is -0.116. The zero-order valence-corrected chi connectivity index (χ0v) is 28.4. The summed E-state index contributed by atoms with van der Waals surface area (Å²) >= 11 is 1.36. The fourth-order valence-electron chi connectivity index (χ4n) is 5.12. The van der Waals surface area contributed by atoms with E-state index in [1.165, 1.54) is 24.8 Å². The number of hydrogen-bond donors (Lipinski definition) is 3. The van der Waals surface area contributed by atoms with Gasteiger partial charge in [-0.2, -0.15) is 0 Å². The number of anilines is 2. The van der Waals surface area contributed by atoms with Crippen molar-refractivity contribution in [2.24, 2.45) is 0 Å². The van der Waals surface area contributed by atoms with E-state index in [1.807, 2.05) is 72.8 Å². The lowest BCUT2D eigenvalue weighted by Crippen LogP contribution is -2.30. The van der Waals surface area contributed by atoms with Crippen LogP contribution in [0.2, 0.25) is 0 Å². The number of furan rings is 1. The van der Waals surface area contributed by atoms with E-state index in [0.29, 0.717) is 34.0 Å². The van der Waals surface area contributed by atoms with Crippen molar-refractivity contribution in [1.29, 1.82) is 0 Å². The monoisotopic (exact) mass is 691 g/mol. The number of amides is 3. The van der Waals surface area contributed by atoms with Crippen LogP contribution in [0, 0.1) is 0 Å². The van der Waals surface area contributed by atoms with Crippen molar-refractivity contribution in [3.05, 3.63) is 180 Å². The Kier molecular flexibility index (Phi) is 11.0. The van der Waals surface area contributed by atoms with Gasteiger partial charge in [-0.25, -0.2) is 0 Å². The summed E-state index contributed by atoms with van der Waals surface area (Å²) < 4.78 is 5.99. The molecule has 8 nitrogen and oxygen atoms in total. The lowest BCUT2D eigenvalue weighted by Gasteiger charge is -2.18. The zero-order chi connectivity index (χ0) is 35.6. The van der Waals surface area contributed by atoms with Gasteiger partial charge in [0.1, 0.15) is 22.5 Å². The Hall–Kier alpha value is -6.45. The molecule has 0 aliphatic carbocycles. The average molecular weight is 692 g/mol. The molecule has 9 heteroatoms. The van der Waals surface area contributed by atoms with E-state index in [1.54, 1.807) is 78.9 Å². The predicted molar refractivity (Wildman–Crippen MR) is 201 cm³/mol. The van der Waals surface area contributed by atoms with Gasteiger partial charge in [-0.05, 0) is 85.3 Å². The molecule has 0 radical (unpaired) electrons. The number of ketones is 1. The van der Waals surface area contributed by atoms with Crippen LogP contribution in [0.5, 0.6) is 0 Å². The third-order valence-corrected chi connectivity index (χ3v) is 9.03. The number of carbonyl (C=O) groups is 4. The van der Waals surface area contributed by atoms with E-state index < -0.39 is 17.1 Å². The Balaban J connectivity index is 1.19. The third kappa shape index (κ3) is 9.17. The van der Waals surface area contributed by atoms with E-state index in [4.69, 9.17) is 4.42 Å². The van der Waals surface area contributed by atoms with E-state index in [0.717, 1.165) is 16.0 Å². The highest BCUT2D eigenvalue weighted by molar-refractivity contribution is 8.00. The van der Waals surface area contributed by atoms with Gasteiger partial charge in [0.2, 0.25) is 5.91 Å². The summed E-state index contributed by atoms with van der Waals surface area (Å²) in [6.07, 6.45) is 1.49. The number of Topliss-reactive ketones (excluding diaryl/α,β-unsaturated/α-hetero) is 1.